The standard InChI is InChI=1S/C18H25N3/c1-18(2,3)17-20-15-13-19-11-9-16(15)21(17)12-10-14-7-5-4-6-8-14/h4-8,19H,9-13H2,1-3H3. The maximum atomic E-state index is 4.93. The number of aryl methyl sites for hydroxylation is 1. The molecule has 112 valence electrons. The van der Waals surface area contributed by atoms with Crippen molar-refractivity contribution in [2.24, 2.45) is 0 Å². The van der Waals surface area contributed by atoms with Crippen LogP contribution in [-0.2, 0) is 31.3 Å². The van der Waals surface area contributed by atoms with E-state index in [9.17, 15) is 0 Å². The van der Waals surface area contributed by atoms with E-state index in [1.165, 1.54) is 22.8 Å². The molecule has 2 heterocycles. The molecule has 2 aromatic rings. The Morgan fingerprint density at radius 2 is 1.95 bits per heavy atom. The zero-order chi connectivity index (χ0) is 14.9. The molecule has 0 fully saturated rings. The first kappa shape index (κ1) is 14.3. The van der Waals surface area contributed by atoms with Crippen LogP contribution in [0.4, 0.5) is 0 Å². The van der Waals surface area contributed by atoms with E-state index in [0.29, 0.717) is 0 Å². The van der Waals surface area contributed by atoms with E-state index in [4.69, 9.17) is 4.98 Å². The summed E-state index contributed by atoms with van der Waals surface area (Å²) in [4.78, 5) is 4.93. The third kappa shape index (κ3) is 3.03. The summed E-state index contributed by atoms with van der Waals surface area (Å²) in [5, 5.41) is 3.43. The molecule has 1 N–H and O–H groups in total. The summed E-state index contributed by atoms with van der Waals surface area (Å²) in [5.41, 5.74) is 4.18. The van der Waals surface area contributed by atoms with Crippen molar-refractivity contribution in [1.82, 2.24) is 14.9 Å². The quantitative estimate of drug-likeness (QED) is 0.938. The van der Waals surface area contributed by atoms with Gasteiger partial charge in [0.1, 0.15) is 5.82 Å². The first-order valence-corrected chi connectivity index (χ1v) is 7.89. The molecule has 1 aromatic heterocycles. The second kappa shape index (κ2) is 5.64. The molecule has 0 amide bonds. The van der Waals surface area contributed by atoms with Gasteiger partial charge >= 0.3 is 0 Å². The van der Waals surface area contributed by atoms with Crippen LogP contribution >= 0.6 is 0 Å². The lowest BCUT2D eigenvalue weighted by Crippen LogP contribution is -2.26. The molecular weight excluding hydrogens is 258 g/mol. The number of imidazole rings is 1. The minimum Gasteiger partial charge on any atom is -0.331 e. The van der Waals surface area contributed by atoms with E-state index >= 15 is 0 Å². The Bertz CT molecular complexity index is 605. The highest BCUT2D eigenvalue weighted by Gasteiger charge is 2.26. The predicted octanol–water partition coefficient (Wildman–Crippen LogP) is 3.07. The van der Waals surface area contributed by atoms with Crippen LogP contribution in [0.5, 0.6) is 0 Å². The van der Waals surface area contributed by atoms with Gasteiger partial charge in [-0.15, -0.1) is 0 Å². The molecular formula is C18H25N3. The molecule has 0 radical (unpaired) electrons. The Balaban J connectivity index is 1.90. The fourth-order valence-electron chi connectivity index (χ4n) is 3.07. The molecule has 21 heavy (non-hydrogen) atoms. The Labute approximate surface area is 127 Å². The SMILES string of the molecule is CC(C)(C)c1nc2c(n1CCc1ccccc1)CCNC2. The maximum absolute atomic E-state index is 4.93. The van der Waals surface area contributed by atoms with E-state index in [1.807, 2.05) is 0 Å². The second-order valence-electron chi connectivity index (χ2n) is 6.89. The third-order valence-corrected chi connectivity index (χ3v) is 4.12. The Morgan fingerprint density at radius 3 is 2.67 bits per heavy atom. The topological polar surface area (TPSA) is 29.9 Å². The first-order valence-electron chi connectivity index (χ1n) is 7.89. The number of aromatic nitrogens is 2. The lowest BCUT2D eigenvalue weighted by atomic mass is 9.95. The fraction of sp³-hybridized carbons (Fsp3) is 0.500. The summed E-state index contributed by atoms with van der Waals surface area (Å²) in [5.74, 6) is 1.23. The summed E-state index contributed by atoms with van der Waals surface area (Å²) in [6.45, 7) is 9.77. The van der Waals surface area contributed by atoms with Gasteiger partial charge in [0.2, 0.25) is 0 Å². The fourth-order valence-corrected chi connectivity index (χ4v) is 3.07. The largest absolute Gasteiger partial charge is 0.331 e. The molecule has 0 unspecified atom stereocenters. The van der Waals surface area contributed by atoms with Crippen LogP contribution in [0.15, 0.2) is 30.3 Å². The van der Waals surface area contributed by atoms with Crippen LogP contribution < -0.4 is 5.32 Å². The Hall–Kier alpha value is -1.61. The molecule has 1 aliphatic rings. The summed E-state index contributed by atoms with van der Waals surface area (Å²) >= 11 is 0. The molecule has 0 saturated carbocycles. The van der Waals surface area contributed by atoms with Crippen molar-refractivity contribution >= 4 is 0 Å². The van der Waals surface area contributed by atoms with Crippen molar-refractivity contribution in [3.63, 3.8) is 0 Å². The molecule has 0 spiro atoms. The van der Waals surface area contributed by atoms with Crippen molar-refractivity contribution in [3.05, 3.63) is 53.1 Å². The van der Waals surface area contributed by atoms with Crippen LogP contribution in [0.3, 0.4) is 0 Å². The molecule has 0 bridgehead atoms. The van der Waals surface area contributed by atoms with Gasteiger partial charge in [0.25, 0.3) is 0 Å². The number of rotatable bonds is 3. The van der Waals surface area contributed by atoms with Gasteiger partial charge in [-0.3, -0.25) is 0 Å². The number of benzene rings is 1. The zero-order valence-electron chi connectivity index (χ0n) is 13.3. The molecule has 0 saturated heterocycles. The van der Waals surface area contributed by atoms with Crippen molar-refractivity contribution in [3.8, 4) is 0 Å². The highest BCUT2D eigenvalue weighted by molar-refractivity contribution is 5.24. The average molecular weight is 283 g/mol. The van der Waals surface area contributed by atoms with E-state index in [0.717, 1.165) is 32.5 Å². The van der Waals surface area contributed by atoms with Crippen LogP contribution in [0.25, 0.3) is 0 Å². The van der Waals surface area contributed by atoms with Gasteiger partial charge in [-0.05, 0) is 12.0 Å². The minimum atomic E-state index is 0.0913. The van der Waals surface area contributed by atoms with Crippen molar-refractivity contribution in [2.45, 2.75) is 52.1 Å². The van der Waals surface area contributed by atoms with Crippen LogP contribution in [-0.4, -0.2) is 16.1 Å². The number of fused-ring (bicyclic) bond motifs is 1. The van der Waals surface area contributed by atoms with E-state index in [2.05, 4.69) is 61.0 Å². The van der Waals surface area contributed by atoms with Gasteiger partial charge in [0.15, 0.2) is 0 Å². The molecule has 0 aliphatic carbocycles. The number of hydrogen-bond acceptors (Lipinski definition) is 2. The smallest absolute Gasteiger partial charge is 0.114 e. The Morgan fingerprint density at radius 1 is 1.19 bits per heavy atom. The van der Waals surface area contributed by atoms with E-state index in [1.54, 1.807) is 0 Å². The van der Waals surface area contributed by atoms with Gasteiger partial charge in [0, 0.05) is 37.2 Å². The van der Waals surface area contributed by atoms with E-state index < -0.39 is 0 Å². The molecule has 0 atom stereocenters. The number of hydrogen-bond donors (Lipinski definition) is 1. The second-order valence-corrected chi connectivity index (χ2v) is 6.89. The van der Waals surface area contributed by atoms with Crippen molar-refractivity contribution < 1.29 is 0 Å². The van der Waals surface area contributed by atoms with Gasteiger partial charge in [-0.2, -0.15) is 0 Å². The number of nitrogens with zero attached hydrogens (tertiary/aromatic N) is 2. The highest BCUT2D eigenvalue weighted by Crippen LogP contribution is 2.26. The van der Waals surface area contributed by atoms with Gasteiger partial charge in [-0.25, -0.2) is 4.98 Å². The molecule has 3 heteroatoms. The van der Waals surface area contributed by atoms with Crippen LogP contribution in [0.1, 0.15) is 43.5 Å². The summed E-state index contributed by atoms with van der Waals surface area (Å²) < 4.78 is 2.48. The third-order valence-electron chi connectivity index (χ3n) is 4.12. The lowest BCUT2D eigenvalue weighted by molar-refractivity contribution is 0.489. The maximum Gasteiger partial charge on any atom is 0.114 e. The Kier molecular flexibility index (Phi) is 3.85. The van der Waals surface area contributed by atoms with Crippen molar-refractivity contribution in [1.29, 1.82) is 0 Å². The first-order chi connectivity index (χ1) is 10.1. The van der Waals surface area contributed by atoms with Crippen LogP contribution in [0.2, 0.25) is 0 Å². The summed E-state index contributed by atoms with van der Waals surface area (Å²) in [7, 11) is 0. The summed E-state index contributed by atoms with van der Waals surface area (Å²) in [6, 6.07) is 10.7. The summed E-state index contributed by atoms with van der Waals surface area (Å²) in [6.07, 6.45) is 2.16. The predicted molar refractivity (Wildman–Crippen MR) is 86.5 cm³/mol. The monoisotopic (exact) mass is 283 g/mol. The molecule has 3 nitrogen and oxygen atoms in total. The lowest BCUT2D eigenvalue weighted by Gasteiger charge is -2.22. The highest BCUT2D eigenvalue weighted by atomic mass is 15.1. The van der Waals surface area contributed by atoms with Gasteiger partial charge in [-0.1, -0.05) is 51.1 Å². The molecule has 3 rings (SSSR count). The zero-order valence-corrected chi connectivity index (χ0v) is 13.3. The van der Waals surface area contributed by atoms with Gasteiger partial charge in [0.05, 0.1) is 5.69 Å². The molecule has 1 aromatic carbocycles. The average Bonchev–Trinajstić information content (AvgIpc) is 2.85. The normalized spacial score (nSPS) is 15.0. The minimum absolute atomic E-state index is 0.0913. The molecule has 1 aliphatic heterocycles. The number of nitrogens with one attached hydrogen (secondary N) is 1. The van der Waals surface area contributed by atoms with Gasteiger partial charge < -0.3 is 9.88 Å². The van der Waals surface area contributed by atoms with E-state index in [-0.39, 0.29) is 5.41 Å². The van der Waals surface area contributed by atoms with Crippen LogP contribution in [0, 0.1) is 0 Å². The van der Waals surface area contributed by atoms with Crippen molar-refractivity contribution in [2.75, 3.05) is 6.54 Å².